The number of ether oxygens (including phenoxy) is 1. The van der Waals surface area contributed by atoms with Gasteiger partial charge in [-0.2, -0.15) is 0 Å². The van der Waals surface area contributed by atoms with Gasteiger partial charge in [-0.1, -0.05) is 54.1 Å². The van der Waals surface area contributed by atoms with Crippen LogP contribution in [-0.2, 0) is 16.1 Å². The maximum Gasteiger partial charge on any atom is 0.341 e. The number of esters is 1. The number of hydrogen-bond donors (Lipinski definition) is 1. The Kier molecular flexibility index (Phi) is 3.93. The van der Waals surface area contributed by atoms with Gasteiger partial charge >= 0.3 is 5.97 Å². The normalized spacial score (nSPS) is 14.2. The van der Waals surface area contributed by atoms with Gasteiger partial charge in [0.05, 0.1) is 11.3 Å². The summed E-state index contributed by atoms with van der Waals surface area (Å²) in [5.74, 6) is -0.312. The van der Waals surface area contributed by atoms with Gasteiger partial charge in [0.15, 0.2) is 0 Å². The van der Waals surface area contributed by atoms with Crippen LogP contribution in [-0.4, -0.2) is 12.6 Å². The van der Waals surface area contributed by atoms with Crippen molar-refractivity contribution in [3.05, 3.63) is 76.4 Å². The van der Waals surface area contributed by atoms with E-state index in [1.54, 1.807) is 12.1 Å². The van der Waals surface area contributed by atoms with E-state index in [9.17, 15) is 4.79 Å². The first-order valence-electron chi connectivity index (χ1n) is 6.68. The molecule has 3 nitrogen and oxygen atoms in total. The Morgan fingerprint density at radius 1 is 1.10 bits per heavy atom. The second-order valence-electron chi connectivity index (χ2n) is 4.78. The fourth-order valence-corrected chi connectivity index (χ4v) is 2.48. The molecule has 2 aromatic rings. The zero-order chi connectivity index (χ0) is 14.7. The van der Waals surface area contributed by atoms with Crippen molar-refractivity contribution in [3.63, 3.8) is 0 Å². The van der Waals surface area contributed by atoms with Crippen LogP contribution in [0.4, 0.5) is 0 Å². The minimum atomic E-state index is -0.312. The summed E-state index contributed by atoms with van der Waals surface area (Å²) in [5, 5.41) is 3.89. The molecule has 0 radical (unpaired) electrons. The van der Waals surface area contributed by atoms with E-state index in [2.05, 4.69) is 5.32 Å². The second-order valence-corrected chi connectivity index (χ2v) is 5.22. The van der Waals surface area contributed by atoms with Crippen molar-refractivity contribution in [2.45, 2.75) is 6.54 Å². The standard InChI is InChI=1S/C17H14ClNO2/c18-14-8-4-7-13(9-14)16-15(11-21-17(16)20)19-10-12-5-2-1-3-6-12/h1-9,19H,10-11H2. The fraction of sp³-hybridized carbons (Fsp3) is 0.118. The lowest BCUT2D eigenvalue weighted by molar-refractivity contribution is -0.134. The van der Waals surface area contributed by atoms with Crippen molar-refractivity contribution in [2.75, 3.05) is 6.61 Å². The largest absolute Gasteiger partial charge is 0.456 e. The van der Waals surface area contributed by atoms with Crippen LogP contribution in [0.1, 0.15) is 11.1 Å². The Morgan fingerprint density at radius 2 is 1.90 bits per heavy atom. The van der Waals surface area contributed by atoms with Crippen molar-refractivity contribution in [3.8, 4) is 0 Å². The molecule has 1 aliphatic rings. The van der Waals surface area contributed by atoms with E-state index < -0.39 is 0 Å². The summed E-state index contributed by atoms with van der Waals surface area (Å²) >= 11 is 6.00. The van der Waals surface area contributed by atoms with E-state index in [-0.39, 0.29) is 12.6 Å². The van der Waals surface area contributed by atoms with Crippen molar-refractivity contribution in [1.29, 1.82) is 0 Å². The predicted molar refractivity (Wildman–Crippen MR) is 82.6 cm³/mol. The van der Waals surface area contributed by atoms with Crippen molar-refractivity contribution in [1.82, 2.24) is 5.32 Å². The third-order valence-corrected chi connectivity index (χ3v) is 3.55. The highest BCUT2D eigenvalue weighted by atomic mass is 35.5. The third-order valence-electron chi connectivity index (χ3n) is 3.32. The van der Waals surface area contributed by atoms with Gasteiger partial charge in [0, 0.05) is 11.6 Å². The smallest absolute Gasteiger partial charge is 0.341 e. The summed E-state index contributed by atoms with van der Waals surface area (Å²) in [6.07, 6.45) is 0. The quantitative estimate of drug-likeness (QED) is 0.879. The average molecular weight is 300 g/mol. The Labute approximate surface area is 128 Å². The van der Waals surface area contributed by atoms with E-state index >= 15 is 0 Å². The summed E-state index contributed by atoms with van der Waals surface area (Å²) < 4.78 is 5.14. The summed E-state index contributed by atoms with van der Waals surface area (Å²) in [6.45, 7) is 0.921. The van der Waals surface area contributed by atoms with Crippen LogP contribution < -0.4 is 5.32 Å². The molecule has 3 rings (SSSR count). The molecule has 2 aromatic carbocycles. The van der Waals surface area contributed by atoms with Gasteiger partial charge in [-0.05, 0) is 23.3 Å². The minimum Gasteiger partial charge on any atom is -0.456 e. The van der Waals surface area contributed by atoms with Crippen molar-refractivity contribution >= 4 is 23.1 Å². The zero-order valence-electron chi connectivity index (χ0n) is 11.3. The SMILES string of the molecule is O=C1OCC(NCc2ccccc2)=C1c1cccc(Cl)c1. The zero-order valence-corrected chi connectivity index (χ0v) is 12.1. The molecule has 0 unspecified atom stereocenters. The Morgan fingerprint density at radius 3 is 2.67 bits per heavy atom. The number of cyclic esters (lactones) is 1. The molecule has 106 valence electrons. The van der Waals surface area contributed by atoms with Crippen LogP contribution in [0.2, 0.25) is 5.02 Å². The van der Waals surface area contributed by atoms with Gasteiger partial charge in [-0.25, -0.2) is 4.79 Å². The molecule has 4 heteroatoms. The highest BCUT2D eigenvalue weighted by molar-refractivity contribution is 6.31. The van der Waals surface area contributed by atoms with Crippen LogP contribution in [0, 0.1) is 0 Å². The monoisotopic (exact) mass is 299 g/mol. The molecular formula is C17H14ClNO2. The third kappa shape index (κ3) is 3.09. The molecule has 21 heavy (non-hydrogen) atoms. The minimum absolute atomic E-state index is 0.271. The predicted octanol–water partition coefficient (Wildman–Crippen LogP) is 3.40. The van der Waals surface area contributed by atoms with Crippen LogP contribution in [0.15, 0.2) is 60.3 Å². The molecule has 0 atom stereocenters. The number of carbonyl (C=O) groups is 1. The van der Waals surface area contributed by atoms with Gasteiger partial charge in [0.1, 0.15) is 6.61 Å². The molecule has 1 heterocycles. The van der Waals surface area contributed by atoms with E-state index in [4.69, 9.17) is 16.3 Å². The summed E-state index contributed by atoms with van der Waals surface area (Å²) in [5.41, 5.74) is 3.29. The molecule has 0 aliphatic carbocycles. The number of carbonyl (C=O) groups excluding carboxylic acids is 1. The molecule has 0 spiro atoms. The Hall–Kier alpha value is -2.26. The van der Waals surface area contributed by atoms with Crippen LogP contribution in [0.25, 0.3) is 5.57 Å². The average Bonchev–Trinajstić information content (AvgIpc) is 2.87. The number of rotatable bonds is 4. The van der Waals surface area contributed by atoms with Gasteiger partial charge in [0.25, 0.3) is 0 Å². The first-order chi connectivity index (χ1) is 10.2. The maximum absolute atomic E-state index is 11.9. The van der Waals surface area contributed by atoms with Crippen molar-refractivity contribution < 1.29 is 9.53 Å². The molecule has 1 N–H and O–H groups in total. The number of hydrogen-bond acceptors (Lipinski definition) is 3. The highest BCUT2D eigenvalue weighted by Crippen LogP contribution is 2.26. The first-order valence-corrected chi connectivity index (χ1v) is 7.06. The van der Waals surface area contributed by atoms with E-state index in [0.717, 1.165) is 16.8 Å². The summed E-state index contributed by atoms with van der Waals surface area (Å²) in [4.78, 5) is 11.9. The number of benzene rings is 2. The molecule has 0 aromatic heterocycles. The number of nitrogens with one attached hydrogen (secondary N) is 1. The van der Waals surface area contributed by atoms with Crippen LogP contribution >= 0.6 is 11.6 Å². The summed E-state index contributed by atoms with van der Waals surface area (Å²) in [6, 6.07) is 17.2. The maximum atomic E-state index is 11.9. The molecule has 0 bridgehead atoms. The topological polar surface area (TPSA) is 38.3 Å². The lowest BCUT2D eigenvalue weighted by Crippen LogP contribution is -2.15. The molecule has 0 amide bonds. The van der Waals surface area contributed by atoms with E-state index in [0.29, 0.717) is 17.1 Å². The lowest BCUT2D eigenvalue weighted by Gasteiger charge is -2.08. The van der Waals surface area contributed by atoms with Gasteiger partial charge in [-0.3, -0.25) is 0 Å². The van der Waals surface area contributed by atoms with Gasteiger partial charge in [0.2, 0.25) is 0 Å². The lowest BCUT2D eigenvalue weighted by atomic mass is 10.1. The van der Waals surface area contributed by atoms with Crippen LogP contribution in [0.3, 0.4) is 0 Å². The van der Waals surface area contributed by atoms with Gasteiger partial charge < -0.3 is 10.1 Å². The van der Waals surface area contributed by atoms with E-state index in [1.165, 1.54) is 0 Å². The Bertz CT molecular complexity index is 695. The first kappa shape index (κ1) is 13.7. The van der Waals surface area contributed by atoms with Crippen molar-refractivity contribution in [2.24, 2.45) is 0 Å². The van der Waals surface area contributed by atoms with Crippen LogP contribution in [0.5, 0.6) is 0 Å². The molecule has 0 fully saturated rings. The highest BCUT2D eigenvalue weighted by Gasteiger charge is 2.26. The van der Waals surface area contributed by atoms with Gasteiger partial charge in [-0.15, -0.1) is 0 Å². The van der Waals surface area contributed by atoms with E-state index in [1.807, 2.05) is 42.5 Å². The fourth-order valence-electron chi connectivity index (χ4n) is 2.29. The number of halogens is 1. The second kappa shape index (κ2) is 6.02. The Balaban J connectivity index is 1.85. The molecule has 0 saturated carbocycles. The molecule has 0 saturated heterocycles. The molecular weight excluding hydrogens is 286 g/mol. The summed E-state index contributed by atoms with van der Waals surface area (Å²) in [7, 11) is 0. The molecule has 1 aliphatic heterocycles.